The fourth-order valence-electron chi connectivity index (χ4n) is 2.80. The van der Waals surface area contributed by atoms with Crippen molar-refractivity contribution in [1.29, 1.82) is 0 Å². The van der Waals surface area contributed by atoms with Crippen molar-refractivity contribution in [2.75, 3.05) is 15.8 Å². The number of nitrogens with two attached hydrogens (primary N) is 1. The fourth-order valence-corrected chi connectivity index (χ4v) is 4.63. The molecule has 4 aromatic rings. The molecule has 156 valence electrons. The van der Waals surface area contributed by atoms with Gasteiger partial charge < -0.3 is 5.73 Å². The van der Waals surface area contributed by atoms with E-state index in [1.807, 2.05) is 35.7 Å². The number of benzene rings is 2. The Hall–Kier alpha value is -3.76. The molecule has 4 rings (SSSR count). The van der Waals surface area contributed by atoms with Crippen LogP contribution in [-0.2, 0) is 10.0 Å². The monoisotopic (exact) mass is 451 g/mol. The van der Waals surface area contributed by atoms with Gasteiger partial charge in [0.2, 0.25) is 0 Å². The molecule has 2 heterocycles. The highest BCUT2D eigenvalue weighted by atomic mass is 32.2. The molecule has 10 heteroatoms. The Bertz CT molecular complexity index is 1340. The molecule has 2 aromatic carbocycles. The Balaban J connectivity index is 1.56. The number of nitrogens with one attached hydrogen (secondary N) is 2. The Labute approximate surface area is 182 Å². The van der Waals surface area contributed by atoms with Gasteiger partial charge in [-0.25, -0.2) is 13.4 Å². The van der Waals surface area contributed by atoms with Crippen molar-refractivity contribution in [2.45, 2.75) is 4.90 Å². The summed E-state index contributed by atoms with van der Waals surface area (Å²) in [6.45, 7) is 0. The Morgan fingerprint density at radius 2 is 1.84 bits per heavy atom. The average Bonchev–Trinajstić information content (AvgIpc) is 3.23. The molecular formula is C21H17N5O3S2. The number of nitrogens with zero attached hydrogens (tertiary/aromatic N) is 2. The van der Waals surface area contributed by atoms with Crippen LogP contribution in [-0.4, -0.2) is 24.3 Å². The zero-order chi connectivity index (χ0) is 21.8. The molecule has 4 N–H and O–H groups in total. The second-order valence-electron chi connectivity index (χ2n) is 6.46. The topological polar surface area (TPSA) is 127 Å². The zero-order valence-corrected chi connectivity index (χ0v) is 17.7. The Morgan fingerprint density at radius 3 is 2.61 bits per heavy atom. The molecule has 0 unspecified atom stereocenters. The van der Waals surface area contributed by atoms with E-state index in [9.17, 15) is 13.2 Å². The number of thiazole rings is 1. The van der Waals surface area contributed by atoms with E-state index in [1.54, 1.807) is 6.07 Å². The molecule has 0 fully saturated rings. The maximum atomic E-state index is 12.8. The molecule has 0 aliphatic carbocycles. The van der Waals surface area contributed by atoms with Gasteiger partial charge in [0.05, 0.1) is 28.0 Å². The molecule has 31 heavy (non-hydrogen) atoms. The SMILES string of the molecule is Nc1cccc(S(=O)(=O)Nc2cnccc2C(=O)Nc2nc(-c3ccccc3)cs2)c1. The number of carbonyl (C=O) groups is 1. The van der Waals surface area contributed by atoms with Crippen LogP contribution in [0.15, 0.2) is 83.3 Å². The first kappa shape index (κ1) is 20.5. The van der Waals surface area contributed by atoms with E-state index in [2.05, 4.69) is 20.0 Å². The van der Waals surface area contributed by atoms with Crippen LogP contribution in [0, 0.1) is 0 Å². The van der Waals surface area contributed by atoms with Crippen LogP contribution in [0.3, 0.4) is 0 Å². The van der Waals surface area contributed by atoms with E-state index < -0.39 is 15.9 Å². The first-order valence-corrected chi connectivity index (χ1v) is 11.4. The molecule has 0 aliphatic rings. The summed E-state index contributed by atoms with van der Waals surface area (Å²) in [7, 11) is -3.96. The van der Waals surface area contributed by atoms with Gasteiger partial charge in [0.25, 0.3) is 15.9 Å². The normalized spacial score (nSPS) is 11.1. The number of aromatic nitrogens is 2. The highest BCUT2D eigenvalue weighted by molar-refractivity contribution is 7.92. The van der Waals surface area contributed by atoms with Gasteiger partial charge in [0.1, 0.15) is 0 Å². The minimum atomic E-state index is -3.96. The summed E-state index contributed by atoms with van der Waals surface area (Å²) >= 11 is 1.27. The molecule has 0 saturated carbocycles. The van der Waals surface area contributed by atoms with Crippen molar-refractivity contribution in [3.8, 4) is 11.3 Å². The van der Waals surface area contributed by atoms with Crippen molar-refractivity contribution in [2.24, 2.45) is 0 Å². The molecule has 1 amide bonds. The number of rotatable bonds is 6. The summed E-state index contributed by atoms with van der Waals surface area (Å²) in [6, 6.07) is 16.9. The van der Waals surface area contributed by atoms with E-state index in [4.69, 9.17) is 5.73 Å². The second-order valence-corrected chi connectivity index (χ2v) is 9.00. The second kappa shape index (κ2) is 8.54. The van der Waals surface area contributed by atoms with Crippen molar-refractivity contribution < 1.29 is 13.2 Å². The minimum Gasteiger partial charge on any atom is -0.399 e. The van der Waals surface area contributed by atoms with Crippen LogP contribution in [0.4, 0.5) is 16.5 Å². The predicted molar refractivity (Wildman–Crippen MR) is 121 cm³/mol. The highest BCUT2D eigenvalue weighted by Gasteiger charge is 2.20. The summed E-state index contributed by atoms with van der Waals surface area (Å²) in [5, 5.41) is 4.94. The van der Waals surface area contributed by atoms with Crippen molar-refractivity contribution in [1.82, 2.24) is 9.97 Å². The molecule has 2 aromatic heterocycles. The molecule has 0 aliphatic heterocycles. The van der Waals surface area contributed by atoms with Gasteiger partial charge >= 0.3 is 0 Å². The molecule has 0 atom stereocenters. The van der Waals surface area contributed by atoms with Gasteiger partial charge in [-0.1, -0.05) is 36.4 Å². The zero-order valence-electron chi connectivity index (χ0n) is 16.0. The molecule has 0 bridgehead atoms. The Morgan fingerprint density at radius 1 is 1.03 bits per heavy atom. The number of pyridine rings is 1. The van der Waals surface area contributed by atoms with Crippen LogP contribution >= 0.6 is 11.3 Å². The van der Waals surface area contributed by atoms with Crippen molar-refractivity contribution in [3.05, 3.63) is 84.0 Å². The van der Waals surface area contributed by atoms with E-state index in [0.29, 0.717) is 10.8 Å². The van der Waals surface area contributed by atoms with Crippen LogP contribution in [0.25, 0.3) is 11.3 Å². The standard InChI is InChI=1S/C21H17N5O3S2/c22-15-7-4-8-16(11-15)31(28,29)26-18-12-23-10-9-17(18)20(27)25-21-24-19(13-30-21)14-5-2-1-3-6-14/h1-13,26H,22H2,(H,24,25,27). The lowest BCUT2D eigenvalue weighted by atomic mass is 10.2. The quantitative estimate of drug-likeness (QED) is 0.382. The molecular weight excluding hydrogens is 434 g/mol. The van der Waals surface area contributed by atoms with Gasteiger partial charge in [-0.15, -0.1) is 11.3 Å². The number of hydrogen-bond donors (Lipinski definition) is 3. The molecule has 0 spiro atoms. The lowest BCUT2D eigenvalue weighted by Gasteiger charge is -2.12. The Kier molecular flexibility index (Phi) is 5.65. The third-order valence-corrected chi connectivity index (χ3v) is 6.39. The van der Waals surface area contributed by atoms with Crippen molar-refractivity contribution >= 4 is 43.8 Å². The van der Waals surface area contributed by atoms with Crippen molar-refractivity contribution in [3.63, 3.8) is 0 Å². The van der Waals surface area contributed by atoms with Crippen LogP contribution < -0.4 is 15.8 Å². The van der Waals surface area contributed by atoms with E-state index in [0.717, 1.165) is 11.3 Å². The maximum absolute atomic E-state index is 12.8. The van der Waals surface area contributed by atoms with E-state index in [-0.39, 0.29) is 16.1 Å². The smallest absolute Gasteiger partial charge is 0.262 e. The lowest BCUT2D eigenvalue weighted by Crippen LogP contribution is -2.19. The molecule has 8 nitrogen and oxygen atoms in total. The number of hydrogen-bond acceptors (Lipinski definition) is 7. The number of nitrogen functional groups attached to an aromatic ring is 1. The summed E-state index contributed by atoms with van der Waals surface area (Å²) in [6.07, 6.45) is 2.68. The van der Waals surface area contributed by atoms with Crippen LogP contribution in [0.5, 0.6) is 0 Å². The summed E-state index contributed by atoms with van der Waals surface area (Å²) in [5.74, 6) is -0.512. The van der Waals surface area contributed by atoms with Crippen LogP contribution in [0.2, 0.25) is 0 Å². The highest BCUT2D eigenvalue weighted by Crippen LogP contribution is 2.26. The maximum Gasteiger partial charge on any atom is 0.262 e. The fraction of sp³-hybridized carbons (Fsp3) is 0. The lowest BCUT2D eigenvalue weighted by molar-refractivity contribution is 0.102. The number of anilines is 3. The number of amides is 1. The summed E-state index contributed by atoms with van der Waals surface area (Å²) < 4.78 is 27.8. The number of carbonyl (C=O) groups excluding carboxylic acids is 1. The van der Waals surface area contributed by atoms with Gasteiger partial charge in [-0.2, -0.15) is 0 Å². The first-order valence-electron chi connectivity index (χ1n) is 9.07. The average molecular weight is 452 g/mol. The van der Waals surface area contributed by atoms with Gasteiger partial charge in [-0.3, -0.25) is 19.8 Å². The predicted octanol–water partition coefficient (Wildman–Crippen LogP) is 3.84. The third-order valence-electron chi connectivity index (χ3n) is 4.27. The van der Waals surface area contributed by atoms with E-state index >= 15 is 0 Å². The third kappa shape index (κ3) is 4.71. The van der Waals surface area contributed by atoms with Gasteiger partial charge in [0.15, 0.2) is 5.13 Å². The van der Waals surface area contributed by atoms with E-state index in [1.165, 1.54) is 48.0 Å². The minimum absolute atomic E-state index is 0.0184. The van der Waals surface area contributed by atoms with Gasteiger partial charge in [0, 0.05) is 22.8 Å². The van der Waals surface area contributed by atoms with Gasteiger partial charge in [-0.05, 0) is 24.3 Å². The molecule has 0 saturated heterocycles. The summed E-state index contributed by atoms with van der Waals surface area (Å²) in [4.78, 5) is 21.2. The largest absolute Gasteiger partial charge is 0.399 e. The number of sulfonamides is 1. The first-order chi connectivity index (χ1) is 14.9. The van der Waals surface area contributed by atoms with Crippen LogP contribution in [0.1, 0.15) is 10.4 Å². The molecule has 0 radical (unpaired) electrons. The summed E-state index contributed by atoms with van der Waals surface area (Å²) in [5.41, 5.74) is 7.81.